The molecule has 1 aliphatic rings. The van der Waals surface area contributed by atoms with Crippen LogP contribution in [0.4, 0.5) is 0 Å². The van der Waals surface area contributed by atoms with Crippen LogP contribution in [0.25, 0.3) is 0 Å². The molecule has 0 aromatic carbocycles. The fourth-order valence-corrected chi connectivity index (χ4v) is 4.66. The van der Waals surface area contributed by atoms with E-state index in [0.717, 1.165) is 44.7 Å². The van der Waals surface area contributed by atoms with Gasteiger partial charge in [-0.25, -0.2) is 0 Å². The lowest BCUT2D eigenvalue weighted by molar-refractivity contribution is -0.158. The van der Waals surface area contributed by atoms with E-state index >= 15 is 0 Å². The van der Waals surface area contributed by atoms with Crippen molar-refractivity contribution in [1.29, 1.82) is 0 Å². The maximum absolute atomic E-state index is 12.0. The molecule has 1 rings (SSSR count). The van der Waals surface area contributed by atoms with E-state index in [1.54, 1.807) is 21.3 Å². The van der Waals surface area contributed by atoms with E-state index < -0.39 is 8.80 Å². The van der Waals surface area contributed by atoms with Gasteiger partial charge in [-0.1, -0.05) is 0 Å². The van der Waals surface area contributed by atoms with Crippen molar-refractivity contribution in [3.05, 3.63) is 0 Å². The molecule has 1 aliphatic carbocycles. The Balaban J connectivity index is 2.28. The zero-order valence-electron chi connectivity index (χ0n) is 14.6. The molecule has 0 heterocycles. The number of hydrogen-bond donors (Lipinski definition) is 0. The highest BCUT2D eigenvalue weighted by atomic mass is 28.4. The maximum atomic E-state index is 12.0. The summed E-state index contributed by atoms with van der Waals surface area (Å²) in [6.45, 7) is 3.13. The summed E-state index contributed by atoms with van der Waals surface area (Å²) in [6, 6.07) is 0.730. The van der Waals surface area contributed by atoms with Crippen molar-refractivity contribution in [2.45, 2.75) is 50.7 Å². The quantitative estimate of drug-likeness (QED) is 0.450. The summed E-state index contributed by atoms with van der Waals surface area (Å²) in [6.07, 6.45) is 5.11. The number of rotatable bonds is 10. The highest BCUT2D eigenvalue weighted by molar-refractivity contribution is 6.60. The van der Waals surface area contributed by atoms with E-state index in [0.29, 0.717) is 6.54 Å². The van der Waals surface area contributed by atoms with Gasteiger partial charge in [0.1, 0.15) is 5.60 Å². The Morgan fingerprint density at radius 1 is 1.14 bits per heavy atom. The van der Waals surface area contributed by atoms with Crippen molar-refractivity contribution in [2.24, 2.45) is 0 Å². The summed E-state index contributed by atoms with van der Waals surface area (Å²) >= 11 is 0. The molecule has 0 saturated heterocycles. The molecule has 0 aromatic heterocycles. The standard InChI is InChI=1S/C15H31NO5Si/c1-15(9-6-7-10-15)21-14(17)13-16(2)11-8-12-22(18-3,19-4)20-5/h6-13H2,1-5H3. The van der Waals surface area contributed by atoms with Gasteiger partial charge >= 0.3 is 14.8 Å². The minimum atomic E-state index is -2.51. The van der Waals surface area contributed by atoms with Crippen LogP contribution in [0, 0.1) is 0 Å². The summed E-state index contributed by atoms with van der Waals surface area (Å²) in [5.41, 5.74) is -0.248. The molecule has 0 radical (unpaired) electrons. The predicted octanol–water partition coefficient (Wildman–Crippen LogP) is 2.06. The number of carbonyl (C=O) groups is 1. The molecule has 0 N–H and O–H groups in total. The monoisotopic (exact) mass is 333 g/mol. The Hall–Kier alpha value is -0.473. The average molecular weight is 334 g/mol. The molecule has 0 bridgehead atoms. The van der Waals surface area contributed by atoms with Gasteiger partial charge in [-0.2, -0.15) is 0 Å². The summed E-state index contributed by atoms with van der Waals surface area (Å²) in [7, 11) is 4.26. The van der Waals surface area contributed by atoms with Gasteiger partial charge < -0.3 is 18.0 Å². The second-order valence-corrected chi connectivity index (χ2v) is 9.36. The van der Waals surface area contributed by atoms with Crippen LogP contribution in [0.15, 0.2) is 0 Å². The van der Waals surface area contributed by atoms with Crippen LogP contribution in [-0.4, -0.2) is 66.7 Å². The van der Waals surface area contributed by atoms with Crippen LogP contribution < -0.4 is 0 Å². The summed E-state index contributed by atoms with van der Waals surface area (Å²) < 4.78 is 21.8. The Labute approximate surface area is 135 Å². The summed E-state index contributed by atoms with van der Waals surface area (Å²) in [5, 5.41) is 0. The number of ether oxygens (including phenoxy) is 1. The van der Waals surface area contributed by atoms with Crippen molar-refractivity contribution >= 4 is 14.8 Å². The minimum Gasteiger partial charge on any atom is -0.458 e. The predicted molar refractivity (Wildman–Crippen MR) is 86.7 cm³/mol. The summed E-state index contributed by atoms with van der Waals surface area (Å²) in [5.74, 6) is -0.138. The number of nitrogens with zero attached hydrogens (tertiary/aromatic N) is 1. The Morgan fingerprint density at radius 2 is 1.68 bits per heavy atom. The highest BCUT2D eigenvalue weighted by Gasteiger charge is 2.37. The number of carbonyl (C=O) groups excluding carboxylic acids is 1. The first-order valence-corrected chi connectivity index (χ1v) is 9.88. The normalized spacial score (nSPS) is 17.9. The van der Waals surface area contributed by atoms with Crippen molar-refractivity contribution in [1.82, 2.24) is 4.90 Å². The smallest absolute Gasteiger partial charge is 0.458 e. The van der Waals surface area contributed by atoms with Crippen LogP contribution in [-0.2, 0) is 22.8 Å². The van der Waals surface area contributed by atoms with E-state index in [1.165, 1.54) is 0 Å². The van der Waals surface area contributed by atoms with Crippen LogP contribution in [0.5, 0.6) is 0 Å². The van der Waals surface area contributed by atoms with Gasteiger partial charge in [0.05, 0.1) is 6.54 Å². The van der Waals surface area contributed by atoms with Gasteiger partial charge in [-0.15, -0.1) is 0 Å². The van der Waals surface area contributed by atoms with Crippen LogP contribution in [0.3, 0.4) is 0 Å². The first kappa shape index (κ1) is 19.6. The van der Waals surface area contributed by atoms with E-state index in [9.17, 15) is 4.79 Å². The molecule has 22 heavy (non-hydrogen) atoms. The van der Waals surface area contributed by atoms with Gasteiger partial charge in [-0.3, -0.25) is 9.69 Å². The second kappa shape index (κ2) is 8.98. The van der Waals surface area contributed by atoms with E-state index in [1.807, 2.05) is 18.9 Å². The third kappa shape index (κ3) is 5.96. The van der Waals surface area contributed by atoms with Crippen LogP contribution in [0.2, 0.25) is 6.04 Å². The molecule has 7 heteroatoms. The van der Waals surface area contributed by atoms with Crippen molar-refractivity contribution < 1.29 is 22.8 Å². The Kier molecular flexibility index (Phi) is 7.99. The van der Waals surface area contributed by atoms with E-state index in [-0.39, 0.29) is 11.6 Å². The molecule has 6 nitrogen and oxygen atoms in total. The lowest BCUT2D eigenvalue weighted by atomic mass is 10.1. The van der Waals surface area contributed by atoms with Gasteiger partial charge in [0, 0.05) is 27.4 Å². The largest absolute Gasteiger partial charge is 0.500 e. The first-order chi connectivity index (χ1) is 10.4. The molecule has 1 fully saturated rings. The molecule has 0 unspecified atom stereocenters. The second-order valence-electron chi connectivity index (χ2n) is 6.27. The number of likely N-dealkylation sites (N-methyl/N-ethyl adjacent to an activating group) is 1. The molecular formula is C15H31NO5Si. The molecular weight excluding hydrogens is 302 g/mol. The molecule has 0 aromatic rings. The molecule has 130 valence electrons. The molecule has 0 spiro atoms. The molecule has 1 saturated carbocycles. The summed E-state index contributed by atoms with van der Waals surface area (Å²) in [4.78, 5) is 14.0. The average Bonchev–Trinajstić information content (AvgIpc) is 2.90. The first-order valence-electron chi connectivity index (χ1n) is 7.94. The maximum Gasteiger partial charge on any atom is 0.500 e. The van der Waals surface area contributed by atoms with Crippen molar-refractivity contribution in [2.75, 3.05) is 41.5 Å². The van der Waals surface area contributed by atoms with Crippen molar-refractivity contribution in [3.63, 3.8) is 0 Å². The zero-order valence-corrected chi connectivity index (χ0v) is 15.6. The Morgan fingerprint density at radius 3 is 2.18 bits per heavy atom. The van der Waals surface area contributed by atoms with Crippen LogP contribution >= 0.6 is 0 Å². The molecule has 0 amide bonds. The third-order valence-electron chi connectivity index (χ3n) is 4.38. The third-order valence-corrected chi connectivity index (χ3v) is 7.21. The van der Waals surface area contributed by atoms with Gasteiger partial charge in [0.25, 0.3) is 0 Å². The highest BCUT2D eigenvalue weighted by Crippen LogP contribution is 2.32. The van der Waals surface area contributed by atoms with E-state index in [2.05, 4.69) is 0 Å². The molecule has 0 aliphatic heterocycles. The Bertz CT molecular complexity index is 335. The molecule has 0 atom stereocenters. The topological polar surface area (TPSA) is 57.2 Å². The van der Waals surface area contributed by atoms with Crippen molar-refractivity contribution in [3.8, 4) is 0 Å². The lowest BCUT2D eigenvalue weighted by Gasteiger charge is -2.27. The lowest BCUT2D eigenvalue weighted by Crippen LogP contribution is -2.43. The minimum absolute atomic E-state index is 0.138. The van der Waals surface area contributed by atoms with E-state index in [4.69, 9.17) is 18.0 Å². The number of hydrogen-bond acceptors (Lipinski definition) is 6. The van der Waals surface area contributed by atoms with Gasteiger partial charge in [0.2, 0.25) is 0 Å². The van der Waals surface area contributed by atoms with Crippen LogP contribution in [0.1, 0.15) is 39.0 Å². The van der Waals surface area contributed by atoms with Gasteiger partial charge in [0.15, 0.2) is 0 Å². The van der Waals surface area contributed by atoms with Gasteiger partial charge in [-0.05, 0) is 52.6 Å². The zero-order chi connectivity index (χ0) is 16.6. The fourth-order valence-electron chi connectivity index (χ4n) is 2.95. The fraction of sp³-hybridized carbons (Fsp3) is 0.933. The number of esters is 1. The SMILES string of the molecule is CO[Si](CCCN(C)CC(=O)OC1(C)CCCC1)(OC)OC.